The summed E-state index contributed by atoms with van der Waals surface area (Å²) < 4.78 is 21.9. The monoisotopic (exact) mass is 487 g/mol. The van der Waals surface area contributed by atoms with Crippen molar-refractivity contribution in [1.29, 1.82) is 0 Å². The zero-order valence-electron chi connectivity index (χ0n) is 16.4. The van der Waals surface area contributed by atoms with E-state index in [0.717, 1.165) is 5.56 Å². The molecule has 0 radical (unpaired) electrons. The summed E-state index contributed by atoms with van der Waals surface area (Å²) in [6, 6.07) is 10.0. The highest BCUT2D eigenvalue weighted by Crippen LogP contribution is 2.52. The number of halogens is 1. The molecule has 2 saturated heterocycles. The molecule has 160 valence electrons. The predicted octanol–water partition coefficient (Wildman–Crippen LogP) is 2.72. The molecule has 2 bridgehead atoms. The van der Waals surface area contributed by atoms with Gasteiger partial charge in [0.25, 0.3) is 0 Å². The highest BCUT2D eigenvalue weighted by atomic mass is 79.9. The molecular formula is C22H18BrNO7. The SMILES string of the molecule is COC(=O)[C@H]1[C@H]2C=C[C@@]3(CN(Cc4cccc(OC(=O)c5ccc(Br)o5)c4)C(=O)[C@@H]13)O2. The fourth-order valence-corrected chi connectivity index (χ4v) is 4.93. The Balaban J connectivity index is 1.32. The summed E-state index contributed by atoms with van der Waals surface area (Å²) in [7, 11) is 1.32. The second kappa shape index (κ2) is 7.35. The second-order valence-electron chi connectivity index (χ2n) is 7.76. The number of rotatable bonds is 5. The average molecular weight is 488 g/mol. The first-order valence-electron chi connectivity index (χ1n) is 9.70. The first-order valence-corrected chi connectivity index (χ1v) is 10.5. The van der Waals surface area contributed by atoms with Gasteiger partial charge in [-0.1, -0.05) is 24.3 Å². The summed E-state index contributed by atoms with van der Waals surface area (Å²) >= 11 is 3.15. The lowest BCUT2D eigenvalue weighted by Gasteiger charge is -2.22. The molecule has 8 nitrogen and oxygen atoms in total. The molecule has 0 saturated carbocycles. The molecule has 0 unspecified atom stereocenters. The van der Waals surface area contributed by atoms with Crippen LogP contribution in [0.3, 0.4) is 0 Å². The van der Waals surface area contributed by atoms with Gasteiger partial charge in [-0.05, 0) is 45.8 Å². The quantitative estimate of drug-likeness (QED) is 0.363. The molecule has 3 aliphatic rings. The summed E-state index contributed by atoms with van der Waals surface area (Å²) in [5, 5.41) is 0. The molecule has 1 amide bonds. The first kappa shape index (κ1) is 20.0. The number of carbonyl (C=O) groups is 3. The van der Waals surface area contributed by atoms with Crippen molar-refractivity contribution in [1.82, 2.24) is 4.90 Å². The summed E-state index contributed by atoms with van der Waals surface area (Å²) in [6.07, 6.45) is 3.30. The molecule has 0 N–H and O–H groups in total. The predicted molar refractivity (Wildman–Crippen MR) is 109 cm³/mol. The maximum atomic E-state index is 13.2. The van der Waals surface area contributed by atoms with E-state index in [9.17, 15) is 14.4 Å². The van der Waals surface area contributed by atoms with Crippen molar-refractivity contribution >= 4 is 33.8 Å². The Kier molecular flexibility index (Phi) is 4.75. The van der Waals surface area contributed by atoms with Crippen molar-refractivity contribution in [3.05, 3.63) is 64.5 Å². The smallest absolute Gasteiger partial charge is 0.379 e. The minimum atomic E-state index is -0.794. The number of esters is 2. The average Bonchev–Trinajstić information content (AvgIpc) is 3.49. The van der Waals surface area contributed by atoms with E-state index in [1.807, 2.05) is 18.2 Å². The van der Waals surface area contributed by atoms with Gasteiger partial charge in [-0.15, -0.1) is 0 Å². The number of furan rings is 1. The summed E-state index contributed by atoms with van der Waals surface area (Å²) in [4.78, 5) is 39.3. The Morgan fingerprint density at radius 1 is 1.29 bits per heavy atom. The van der Waals surface area contributed by atoms with Crippen molar-refractivity contribution in [2.45, 2.75) is 18.2 Å². The van der Waals surface area contributed by atoms with E-state index >= 15 is 0 Å². The summed E-state index contributed by atoms with van der Waals surface area (Å²) in [5.74, 6) is -2.01. The third-order valence-corrected chi connectivity index (χ3v) is 6.34. The normalized spacial score (nSPS) is 28.1. The van der Waals surface area contributed by atoms with E-state index < -0.39 is 35.5 Å². The number of fused-ring (bicyclic) bond motifs is 1. The van der Waals surface area contributed by atoms with Crippen molar-refractivity contribution in [3.8, 4) is 5.75 Å². The van der Waals surface area contributed by atoms with E-state index in [2.05, 4.69) is 15.9 Å². The van der Waals surface area contributed by atoms with Crippen LogP contribution >= 0.6 is 15.9 Å². The van der Waals surface area contributed by atoms with Gasteiger partial charge < -0.3 is 23.5 Å². The van der Waals surface area contributed by atoms with Crippen LogP contribution in [-0.2, 0) is 25.6 Å². The van der Waals surface area contributed by atoms with E-state index in [4.69, 9.17) is 18.6 Å². The molecule has 31 heavy (non-hydrogen) atoms. The van der Waals surface area contributed by atoms with Crippen LogP contribution in [0.15, 0.2) is 57.6 Å². The van der Waals surface area contributed by atoms with E-state index in [1.165, 1.54) is 13.2 Å². The summed E-state index contributed by atoms with van der Waals surface area (Å²) in [5.41, 5.74) is -0.0130. The zero-order chi connectivity index (χ0) is 21.8. The minimum Gasteiger partial charge on any atom is -0.469 e. The Labute approximate surface area is 185 Å². The van der Waals surface area contributed by atoms with Crippen molar-refractivity contribution in [2.24, 2.45) is 11.8 Å². The van der Waals surface area contributed by atoms with Gasteiger partial charge in [0.05, 0.1) is 25.7 Å². The fraction of sp³-hybridized carbons (Fsp3) is 0.318. The van der Waals surface area contributed by atoms with Gasteiger partial charge in [0.15, 0.2) is 4.67 Å². The molecule has 3 aliphatic heterocycles. The highest BCUT2D eigenvalue weighted by Gasteiger charge is 2.67. The topological polar surface area (TPSA) is 95.3 Å². The van der Waals surface area contributed by atoms with Gasteiger partial charge in [-0.3, -0.25) is 9.59 Å². The maximum Gasteiger partial charge on any atom is 0.379 e. The van der Waals surface area contributed by atoms with Crippen LogP contribution in [0.5, 0.6) is 5.75 Å². The Morgan fingerprint density at radius 3 is 2.87 bits per heavy atom. The lowest BCUT2D eigenvalue weighted by atomic mass is 9.77. The van der Waals surface area contributed by atoms with Crippen LogP contribution in [-0.4, -0.2) is 48.1 Å². The van der Waals surface area contributed by atoms with Gasteiger partial charge in [-0.25, -0.2) is 4.79 Å². The number of methoxy groups -OCH3 is 1. The molecular weight excluding hydrogens is 470 g/mol. The first-order chi connectivity index (χ1) is 14.9. The maximum absolute atomic E-state index is 13.2. The number of ether oxygens (including phenoxy) is 3. The molecule has 2 aromatic rings. The van der Waals surface area contributed by atoms with E-state index in [0.29, 0.717) is 23.5 Å². The highest BCUT2D eigenvalue weighted by molar-refractivity contribution is 9.10. The number of likely N-dealkylation sites (tertiary alicyclic amines) is 1. The fourth-order valence-electron chi connectivity index (χ4n) is 4.63. The molecule has 2 fully saturated rings. The van der Waals surface area contributed by atoms with Gasteiger partial charge in [-0.2, -0.15) is 0 Å². The van der Waals surface area contributed by atoms with Gasteiger partial charge in [0, 0.05) is 6.54 Å². The van der Waals surface area contributed by atoms with Crippen LogP contribution in [0.4, 0.5) is 0 Å². The molecule has 0 aliphatic carbocycles. The molecule has 1 aromatic heterocycles. The second-order valence-corrected chi connectivity index (χ2v) is 8.54. The van der Waals surface area contributed by atoms with Gasteiger partial charge in [0.1, 0.15) is 17.3 Å². The number of hydrogen-bond donors (Lipinski definition) is 0. The van der Waals surface area contributed by atoms with Gasteiger partial charge in [0.2, 0.25) is 11.7 Å². The molecule has 1 aromatic carbocycles. The van der Waals surface area contributed by atoms with Crippen LogP contribution in [0.2, 0.25) is 0 Å². The van der Waals surface area contributed by atoms with E-state index in [1.54, 1.807) is 29.2 Å². The number of amides is 1. The molecule has 4 heterocycles. The lowest BCUT2D eigenvalue weighted by molar-refractivity contribution is -0.151. The Morgan fingerprint density at radius 2 is 2.13 bits per heavy atom. The van der Waals surface area contributed by atoms with Crippen LogP contribution < -0.4 is 4.74 Å². The molecule has 9 heteroatoms. The minimum absolute atomic E-state index is 0.0764. The van der Waals surface area contributed by atoms with Crippen LogP contribution in [0.1, 0.15) is 16.1 Å². The van der Waals surface area contributed by atoms with Crippen molar-refractivity contribution in [3.63, 3.8) is 0 Å². The van der Waals surface area contributed by atoms with Gasteiger partial charge >= 0.3 is 11.9 Å². The Bertz CT molecular complexity index is 1110. The molecule has 1 spiro atoms. The number of benzene rings is 1. The largest absolute Gasteiger partial charge is 0.469 e. The molecule has 4 atom stereocenters. The zero-order valence-corrected chi connectivity index (χ0v) is 18.0. The van der Waals surface area contributed by atoms with E-state index in [-0.39, 0.29) is 11.7 Å². The molecule has 5 rings (SSSR count). The third-order valence-electron chi connectivity index (χ3n) is 5.91. The Hall–Kier alpha value is -2.91. The number of nitrogens with zero attached hydrogens (tertiary/aromatic N) is 1. The van der Waals surface area contributed by atoms with Crippen molar-refractivity contribution < 1.29 is 33.0 Å². The number of carbonyl (C=O) groups excluding carboxylic acids is 3. The third kappa shape index (κ3) is 3.28. The standard InChI is InChI=1S/C22H18BrNO7/c1-28-21(27)17-14-7-8-22(31-14)11-24(19(25)18(17)22)10-12-3-2-4-13(9-12)29-20(26)15-5-6-16(23)30-15/h2-9,14,17-18H,10-11H2,1H3/t14-,17+,18-,22+/m1/s1. The number of hydrogen-bond acceptors (Lipinski definition) is 7. The van der Waals surface area contributed by atoms with Crippen LogP contribution in [0.25, 0.3) is 0 Å². The van der Waals surface area contributed by atoms with Crippen LogP contribution in [0, 0.1) is 11.8 Å². The van der Waals surface area contributed by atoms with Crippen molar-refractivity contribution in [2.75, 3.05) is 13.7 Å². The lowest BCUT2D eigenvalue weighted by Crippen LogP contribution is -2.39. The summed E-state index contributed by atoms with van der Waals surface area (Å²) in [6.45, 7) is 0.645.